The Labute approximate surface area is 189 Å². The maximum absolute atomic E-state index is 11.8. The summed E-state index contributed by atoms with van der Waals surface area (Å²) in [5, 5.41) is 2.81. The van der Waals surface area contributed by atoms with E-state index in [-0.39, 0.29) is 12.1 Å². The van der Waals surface area contributed by atoms with Crippen molar-refractivity contribution < 1.29 is 14.3 Å². The number of rotatable bonds is 8. The molecular formula is C24H33N5O3. The number of alkyl carbamates (subject to hydrolysis) is 1. The number of amides is 1. The predicted molar refractivity (Wildman–Crippen MR) is 127 cm³/mol. The van der Waals surface area contributed by atoms with Crippen molar-refractivity contribution in [2.24, 2.45) is 0 Å². The van der Waals surface area contributed by atoms with Crippen molar-refractivity contribution in [2.45, 2.75) is 58.6 Å². The lowest BCUT2D eigenvalue weighted by molar-refractivity contribution is 0.0527. The van der Waals surface area contributed by atoms with Crippen molar-refractivity contribution in [1.82, 2.24) is 19.9 Å². The van der Waals surface area contributed by atoms with E-state index in [0.29, 0.717) is 18.4 Å². The average Bonchev–Trinajstić information content (AvgIpc) is 3.08. The number of para-hydroxylation sites is 1. The van der Waals surface area contributed by atoms with Crippen LogP contribution in [-0.2, 0) is 4.74 Å². The fourth-order valence-corrected chi connectivity index (χ4v) is 3.79. The van der Waals surface area contributed by atoms with Crippen molar-refractivity contribution in [3.8, 4) is 17.0 Å². The van der Waals surface area contributed by atoms with Gasteiger partial charge in [0, 0.05) is 29.9 Å². The zero-order chi connectivity index (χ0) is 23.3. The van der Waals surface area contributed by atoms with Crippen molar-refractivity contribution in [2.75, 3.05) is 19.4 Å². The number of ether oxygens (including phenoxy) is 2. The number of benzene rings is 1. The summed E-state index contributed by atoms with van der Waals surface area (Å²) >= 11 is 0. The smallest absolute Gasteiger partial charge is 0.407 e. The van der Waals surface area contributed by atoms with Crippen LogP contribution in [0.15, 0.2) is 36.5 Å². The van der Waals surface area contributed by atoms with E-state index in [1.165, 1.54) is 0 Å². The molecule has 0 fully saturated rings. The highest BCUT2D eigenvalue weighted by molar-refractivity contribution is 5.95. The van der Waals surface area contributed by atoms with Gasteiger partial charge in [0.05, 0.1) is 18.1 Å². The maximum atomic E-state index is 11.8. The highest BCUT2D eigenvalue weighted by Crippen LogP contribution is 2.36. The van der Waals surface area contributed by atoms with Crippen LogP contribution < -0.4 is 15.8 Å². The molecule has 0 aliphatic heterocycles. The van der Waals surface area contributed by atoms with E-state index in [1.54, 1.807) is 13.3 Å². The van der Waals surface area contributed by atoms with Crippen molar-refractivity contribution in [3.05, 3.63) is 36.5 Å². The van der Waals surface area contributed by atoms with Gasteiger partial charge in [-0.25, -0.2) is 14.8 Å². The number of nitrogen functional groups attached to an aromatic ring is 1. The van der Waals surface area contributed by atoms with Gasteiger partial charge in [0.2, 0.25) is 11.8 Å². The van der Waals surface area contributed by atoms with Gasteiger partial charge in [-0.1, -0.05) is 12.1 Å². The van der Waals surface area contributed by atoms with Gasteiger partial charge in [0.15, 0.2) is 0 Å². The van der Waals surface area contributed by atoms with Crippen molar-refractivity contribution in [3.63, 3.8) is 0 Å². The number of imidazole rings is 1. The number of hydrogen-bond donors (Lipinski definition) is 2. The van der Waals surface area contributed by atoms with Gasteiger partial charge >= 0.3 is 6.09 Å². The second kappa shape index (κ2) is 9.89. The van der Waals surface area contributed by atoms with Gasteiger partial charge in [0.1, 0.15) is 5.60 Å². The molecule has 172 valence electrons. The third-order valence-electron chi connectivity index (χ3n) is 5.15. The quantitative estimate of drug-likeness (QED) is 0.482. The summed E-state index contributed by atoms with van der Waals surface area (Å²) in [4.78, 5) is 20.7. The topological polar surface area (TPSA) is 104 Å². The summed E-state index contributed by atoms with van der Waals surface area (Å²) in [6.45, 7) is 8.26. The highest BCUT2D eigenvalue weighted by atomic mass is 16.6. The largest absolute Gasteiger partial charge is 0.481 e. The molecule has 1 amide bonds. The molecule has 3 aromatic rings. The minimum Gasteiger partial charge on any atom is -0.481 e. The Bertz CT molecular complexity index is 1070. The number of aromatic nitrogens is 3. The third kappa shape index (κ3) is 5.49. The highest BCUT2D eigenvalue weighted by Gasteiger charge is 2.20. The average molecular weight is 440 g/mol. The molecule has 2 heterocycles. The number of unbranched alkanes of at least 4 members (excludes halogenated alkanes) is 1. The monoisotopic (exact) mass is 439 g/mol. The maximum Gasteiger partial charge on any atom is 0.407 e. The first-order valence-electron chi connectivity index (χ1n) is 10.9. The predicted octanol–water partition coefficient (Wildman–Crippen LogP) is 4.95. The molecule has 1 unspecified atom stereocenters. The molecule has 0 spiro atoms. The molecule has 0 radical (unpaired) electrons. The van der Waals surface area contributed by atoms with Crippen LogP contribution in [0.4, 0.5) is 10.7 Å². The first kappa shape index (κ1) is 23.4. The number of pyridine rings is 1. The van der Waals surface area contributed by atoms with Crippen LogP contribution in [0.3, 0.4) is 0 Å². The number of carbonyl (C=O) groups excluding carboxylic acids is 1. The van der Waals surface area contributed by atoms with Crippen LogP contribution in [0, 0.1) is 0 Å². The van der Waals surface area contributed by atoms with Gasteiger partial charge in [-0.05, 0) is 65.2 Å². The van der Waals surface area contributed by atoms with Crippen LogP contribution >= 0.6 is 0 Å². The number of carbonyl (C=O) groups is 1. The number of fused-ring (bicyclic) bond motifs is 1. The molecule has 1 aromatic carbocycles. The number of anilines is 1. The first-order chi connectivity index (χ1) is 15.2. The number of methoxy groups -OCH3 is 1. The normalized spacial score (nSPS) is 12.5. The minimum absolute atomic E-state index is 0.130. The minimum atomic E-state index is -0.493. The lowest BCUT2D eigenvalue weighted by Gasteiger charge is -2.20. The number of nitrogens with two attached hydrogens (primary N) is 1. The summed E-state index contributed by atoms with van der Waals surface area (Å²) in [6, 6.07) is 9.98. The van der Waals surface area contributed by atoms with E-state index in [2.05, 4.69) is 26.8 Å². The molecule has 0 bridgehead atoms. The molecule has 1 atom stereocenters. The van der Waals surface area contributed by atoms with Gasteiger partial charge in [-0.15, -0.1) is 0 Å². The lowest BCUT2D eigenvalue weighted by Crippen LogP contribution is -2.33. The summed E-state index contributed by atoms with van der Waals surface area (Å²) in [6.07, 6.45) is 3.99. The summed E-state index contributed by atoms with van der Waals surface area (Å²) in [5.41, 5.74) is 9.53. The van der Waals surface area contributed by atoms with Crippen LogP contribution in [0.2, 0.25) is 0 Å². The Morgan fingerprint density at radius 2 is 1.94 bits per heavy atom. The molecule has 3 N–H and O–H groups in total. The zero-order valence-electron chi connectivity index (χ0n) is 19.5. The van der Waals surface area contributed by atoms with E-state index >= 15 is 0 Å². The SMILES string of the molecule is COc1ncccc1-c1cccc2nc(N)n(C(C)CCCCNC(=O)OC(C)(C)C)c12. The van der Waals surface area contributed by atoms with E-state index in [0.717, 1.165) is 41.4 Å². The van der Waals surface area contributed by atoms with Crippen LogP contribution in [0.25, 0.3) is 22.2 Å². The first-order valence-corrected chi connectivity index (χ1v) is 10.9. The molecule has 8 heteroatoms. The molecule has 8 nitrogen and oxygen atoms in total. The van der Waals surface area contributed by atoms with Gasteiger partial charge in [-0.3, -0.25) is 0 Å². The molecule has 0 aliphatic carbocycles. The van der Waals surface area contributed by atoms with Gasteiger partial charge in [0.25, 0.3) is 0 Å². The molecular weight excluding hydrogens is 406 g/mol. The second-order valence-corrected chi connectivity index (χ2v) is 8.85. The van der Waals surface area contributed by atoms with Crippen LogP contribution in [0.1, 0.15) is 53.0 Å². The Kier molecular flexibility index (Phi) is 7.22. The molecule has 0 saturated heterocycles. The van der Waals surface area contributed by atoms with Crippen molar-refractivity contribution >= 4 is 23.1 Å². The van der Waals surface area contributed by atoms with E-state index in [4.69, 9.17) is 15.2 Å². The third-order valence-corrected chi connectivity index (χ3v) is 5.15. The Hall–Kier alpha value is -3.29. The lowest BCUT2D eigenvalue weighted by atomic mass is 10.0. The summed E-state index contributed by atoms with van der Waals surface area (Å²) in [5.74, 6) is 1.04. The Balaban J connectivity index is 1.73. The fraction of sp³-hybridized carbons (Fsp3) is 0.458. The number of hydrogen-bond acceptors (Lipinski definition) is 6. The van der Waals surface area contributed by atoms with Gasteiger partial charge < -0.3 is 25.1 Å². The van der Waals surface area contributed by atoms with Gasteiger partial charge in [-0.2, -0.15) is 0 Å². The Morgan fingerprint density at radius 3 is 2.66 bits per heavy atom. The molecule has 3 rings (SSSR count). The van der Waals surface area contributed by atoms with Crippen molar-refractivity contribution in [1.29, 1.82) is 0 Å². The van der Waals surface area contributed by atoms with E-state index < -0.39 is 5.60 Å². The van der Waals surface area contributed by atoms with E-state index in [1.807, 2.05) is 51.1 Å². The number of nitrogens with one attached hydrogen (secondary N) is 1. The standard InChI is InChI=1S/C24H33N5O3/c1-16(10-6-7-14-27-23(30)32-24(2,3)4)29-20-17(11-8-13-19(20)28-22(29)25)18-12-9-15-26-21(18)31-5/h8-9,11-13,15-16H,6-7,10,14H2,1-5H3,(H2,25,28)(H,27,30). The summed E-state index contributed by atoms with van der Waals surface area (Å²) in [7, 11) is 1.62. The van der Waals surface area contributed by atoms with Crippen LogP contribution in [0.5, 0.6) is 5.88 Å². The summed E-state index contributed by atoms with van der Waals surface area (Å²) < 4.78 is 12.8. The number of nitrogens with zero attached hydrogens (tertiary/aromatic N) is 3. The fourth-order valence-electron chi connectivity index (χ4n) is 3.79. The zero-order valence-corrected chi connectivity index (χ0v) is 19.5. The molecule has 0 aliphatic rings. The molecule has 32 heavy (non-hydrogen) atoms. The molecule has 2 aromatic heterocycles. The van der Waals surface area contributed by atoms with Crippen LogP contribution in [-0.4, -0.2) is 39.9 Å². The Morgan fingerprint density at radius 1 is 1.19 bits per heavy atom. The molecule has 0 saturated carbocycles. The second-order valence-electron chi connectivity index (χ2n) is 8.85. The van der Waals surface area contributed by atoms with E-state index in [9.17, 15) is 4.79 Å².